The van der Waals surface area contributed by atoms with Crippen molar-refractivity contribution in [2.75, 3.05) is 38.0 Å². The molecule has 11 heteroatoms. The van der Waals surface area contributed by atoms with E-state index in [1.165, 1.54) is 24.3 Å². The lowest BCUT2D eigenvalue weighted by atomic mass is 9.82. The first-order valence-electron chi connectivity index (χ1n) is 10.1. The summed E-state index contributed by atoms with van der Waals surface area (Å²) in [6, 6.07) is 8.89. The summed E-state index contributed by atoms with van der Waals surface area (Å²) in [5.41, 5.74) is -7.87. The van der Waals surface area contributed by atoms with Gasteiger partial charge in [0, 0.05) is 52.4 Å². The Bertz CT molecular complexity index is 908. The van der Waals surface area contributed by atoms with Gasteiger partial charge in [0.1, 0.15) is 5.78 Å². The molecule has 0 aliphatic carbocycles. The summed E-state index contributed by atoms with van der Waals surface area (Å²) >= 11 is 0. The summed E-state index contributed by atoms with van der Waals surface area (Å²) in [4.78, 5) is 15.7. The number of ketones is 1. The van der Waals surface area contributed by atoms with Crippen molar-refractivity contribution in [1.82, 2.24) is 0 Å². The number of nitrogens with zero attached hydrogens (tertiary/aromatic N) is 2. The molecular formula is C23H26F6N2O3. The van der Waals surface area contributed by atoms with E-state index >= 15 is 0 Å². The first kappa shape index (κ1) is 27.5. The van der Waals surface area contributed by atoms with E-state index in [4.69, 9.17) is 0 Å². The zero-order valence-corrected chi connectivity index (χ0v) is 19.0. The molecular weight excluding hydrogens is 466 g/mol. The van der Waals surface area contributed by atoms with Crippen LogP contribution in [0.1, 0.15) is 24.0 Å². The smallest absolute Gasteiger partial charge is 0.378 e. The number of carbonyl (C=O) groups is 1. The van der Waals surface area contributed by atoms with Crippen LogP contribution in [0.3, 0.4) is 0 Å². The van der Waals surface area contributed by atoms with Crippen LogP contribution in [-0.4, -0.2) is 56.5 Å². The van der Waals surface area contributed by atoms with E-state index in [0.29, 0.717) is 11.4 Å². The number of rotatable bonds is 8. The van der Waals surface area contributed by atoms with Crippen LogP contribution in [-0.2, 0) is 16.0 Å². The van der Waals surface area contributed by atoms with Gasteiger partial charge < -0.3 is 20.0 Å². The van der Waals surface area contributed by atoms with Crippen molar-refractivity contribution < 1.29 is 41.4 Å². The summed E-state index contributed by atoms with van der Waals surface area (Å²) in [5, 5.41) is 20.9. The summed E-state index contributed by atoms with van der Waals surface area (Å²) in [6.45, 7) is 0. The van der Waals surface area contributed by atoms with E-state index < -0.39 is 53.3 Å². The summed E-state index contributed by atoms with van der Waals surface area (Å²) in [6.07, 6.45) is -14.1. The number of alkyl halides is 6. The maximum absolute atomic E-state index is 13.8. The second-order valence-corrected chi connectivity index (χ2v) is 8.49. The van der Waals surface area contributed by atoms with E-state index in [2.05, 4.69) is 0 Å². The molecule has 0 aliphatic heterocycles. The van der Waals surface area contributed by atoms with Gasteiger partial charge in [-0.25, -0.2) is 0 Å². The highest BCUT2D eigenvalue weighted by molar-refractivity contribution is 5.81. The Morgan fingerprint density at radius 1 is 0.647 bits per heavy atom. The zero-order valence-electron chi connectivity index (χ0n) is 19.0. The lowest BCUT2D eigenvalue weighted by molar-refractivity contribution is -0.274. The number of hydrogen-bond donors (Lipinski definition) is 2. The van der Waals surface area contributed by atoms with Gasteiger partial charge in [0.25, 0.3) is 0 Å². The summed E-state index contributed by atoms with van der Waals surface area (Å²) in [7, 11) is 6.55. The SMILES string of the molecule is CN(C)c1ccc(C(O)(CC(=O)CC(O)(c2ccc(N(C)C)cc2)C(F)(F)F)C(F)(F)F)cc1. The minimum atomic E-state index is -5.37. The summed E-state index contributed by atoms with van der Waals surface area (Å²) in [5.74, 6) is -1.62. The third-order valence-electron chi connectivity index (χ3n) is 5.57. The lowest BCUT2D eigenvalue weighted by Crippen LogP contribution is -2.47. The lowest BCUT2D eigenvalue weighted by Gasteiger charge is -2.34. The standard InChI is InChI=1S/C23H26F6N2O3/c1-30(2)17-9-5-15(6-10-17)20(33,22(24,25)26)13-19(32)14-21(34,23(27,28)29)16-7-11-18(12-8-16)31(3)4/h5-12,33-34H,13-14H2,1-4H3. The molecule has 0 amide bonds. The molecule has 0 radical (unpaired) electrons. The van der Waals surface area contributed by atoms with Crippen LogP contribution >= 0.6 is 0 Å². The average molecular weight is 492 g/mol. The van der Waals surface area contributed by atoms with Crippen molar-refractivity contribution in [2.24, 2.45) is 0 Å². The van der Waals surface area contributed by atoms with Gasteiger partial charge in [-0.3, -0.25) is 4.79 Å². The fraction of sp³-hybridized carbons (Fsp3) is 0.435. The van der Waals surface area contributed by atoms with E-state index in [0.717, 1.165) is 24.3 Å². The van der Waals surface area contributed by atoms with Crippen LogP contribution in [0.15, 0.2) is 48.5 Å². The first-order valence-corrected chi connectivity index (χ1v) is 10.1. The molecule has 2 unspecified atom stereocenters. The number of benzene rings is 2. The third-order valence-corrected chi connectivity index (χ3v) is 5.57. The fourth-order valence-electron chi connectivity index (χ4n) is 3.44. The van der Waals surface area contributed by atoms with Gasteiger partial charge >= 0.3 is 12.4 Å². The monoisotopic (exact) mass is 492 g/mol. The Morgan fingerprint density at radius 2 is 0.912 bits per heavy atom. The Morgan fingerprint density at radius 3 is 1.12 bits per heavy atom. The number of carbonyl (C=O) groups excluding carboxylic acids is 1. The molecule has 0 spiro atoms. The number of hydrogen-bond acceptors (Lipinski definition) is 5. The largest absolute Gasteiger partial charge is 0.421 e. The third kappa shape index (κ3) is 5.47. The molecule has 2 atom stereocenters. The molecule has 0 saturated heterocycles. The molecule has 34 heavy (non-hydrogen) atoms. The second-order valence-electron chi connectivity index (χ2n) is 8.49. The van der Waals surface area contributed by atoms with Gasteiger partial charge in [0.05, 0.1) is 0 Å². The zero-order chi connectivity index (χ0) is 26.1. The topological polar surface area (TPSA) is 64.0 Å². The van der Waals surface area contributed by atoms with E-state index in [1.807, 2.05) is 0 Å². The Hall–Kier alpha value is -2.79. The summed E-state index contributed by atoms with van der Waals surface area (Å²) < 4.78 is 82.9. The molecule has 188 valence electrons. The van der Waals surface area contributed by atoms with Crippen LogP contribution < -0.4 is 9.80 Å². The van der Waals surface area contributed by atoms with Gasteiger partial charge in [-0.15, -0.1) is 0 Å². The molecule has 0 aliphatic rings. The normalized spacial score (nSPS) is 15.9. The second kappa shape index (κ2) is 9.46. The van der Waals surface area contributed by atoms with E-state index in [-0.39, 0.29) is 0 Å². The van der Waals surface area contributed by atoms with E-state index in [1.54, 1.807) is 38.0 Å². The van der Waals surface area contributed by atoms with Crippen LogP contribution in [0.25, 0.3) is 0 Å². The average Bonchev–Trinajstić information content (AvgIpc) is 2.72. The van der Waals surface area contributed by atoms with Crippen LogP contribution in [0, 0.1) is 0 Å². The van der Waals surface area contributed by atoms with Gasteiger partial charge in [-0.1, -0.05) is 24.3 Å². The molecule has 2 aromatic carbocycles. The predicted molar refractivity (Wildman–Crippen MR) is 116 cm³/mol. The van der Waals surface area contributed by atoms with Crippen molar-refractivity contribution in [1.29, 1.82) is 0 Å². The van der Waals surface area contributed by atoms with Crippen LogP contribution in [0.4, 0.5) is 37.7 Å². The molecule has 0 bridgehead atoms. The minimum absolute atomic E-state index is 0.507. The highest BCUT2D eigenvalue weighted by Gasteiger charge is 2.59. The quantitative estimate of drug-likeness (QED) is 0.536. The van der Waals surface area contributed by atoms with Gasteiger partial charge in [-0.2, -0.15) is 26.3 Å². The predicted octanol–water partition coefficient (Wildman–Crippen LogP) is 4.37. The van der Waals surface area contributed by atoms with Crippen molar-refractivity contribution in [3.05, 3.63) is 59.7 Å². The molecule has 5 nitrogen and oxygen atoms in total. The van der Waals surface area contributed by atoms with Crippen LogP contribution in [0.2, 0.25) is 0 Å². The molecule has 0 heterocycles. The van der Waals surface area contributed by atoms with Crippen LogP contribution in [0.5, 0.6) is 0 Å². The maximum Gasteiger partial charge on any atom is 0.421 e. The maximum atomic E-state index is 13.8. The van der Waals surface area contributed by atoms with Gasteiger partial charge in [0.2, 0.25) is 0 Å². The van der Waals surface area contributed by atoms with Gasteiger partial charge in [-0.05, 0) is 35.4 Å². The molecule has 0 saturated carbocycles. The number of anilines is 2. The highest BCUT2D eigenvalue weighted by Crippen LogP contribution is 2.46. The Balaban J connectivity index is 2.41. The van der Waals surface area contributed by atoms with Crippen molar-refractivity contribution in [3.63, 3.8) is 0 Å². The molecule has 2 N–H and O–H groups in total. The van der Waals surface area contributed by atoms with Crippen molar-refractivity contribution in [2.45, 2.75) is 36.4 Å². The molecule has 0 aromatic heterocycles. The number of aliphatic hydroxyl groups is 2. The highest BCUT2D eigenvalue weighted by atomic mass is 19.4. The fourth-order valence-corrected chi connectivity index (χ4v) is 3.44. The molecule has 0 fully saturated rings. The van der Waals surface area contributed by atoms with Crippen molar-refractivity contribution >= 4 is 17.2 Å². The first-order chi connectivity index (χ1) is 15.4. The Labute approximate surface area is 193 Å². The minimum Gasteiger partial charge on any atom is -0.378 e. The van der Waals surface area contributed by atoms with E-state index in [9.17, 15) is 41.4 Å². The van der Waals surface area contributed by atoms with Gasteiger partial charge in [0.15, 0.2) is 11.2 Å². The number of Topliss-reactive ketones (excluding diaryl/α,β-unsaturated/α-hetero) is 1. The number of halogens is 6. The molecule has 2 rings (SSSR count). The van der Waals surface area contributed by atoms with Crippen molar-refractivity contribution in [3.8, 4) is 0 Å². The Kier molecular flexibility index (Phi) is 7.64. The molecule has 2 aromatic rings.